The molecule has 0 saturated heterocycles. The number of nitrogens with one attached hydrogen (secondary N) is 1. The number of carbonyl (C=O) groups is 1. The predicted molar refractivity (Wildman–Crippen MR) is 115 cm³/mol. The molecule has 3 aromatic carbocycles. The van der Waals surface area contributed by atoms with Crippen LogP contribution in [0.3, 0.4) is 0 Å². The van der Waals surface area contributed by atoms with E-state index in [1.807, 2.05) is 54.6 Å². The fourth-order valence-electron chi connectivity index (χ4n) is 2.94. The van der Waals surface area contributed by atoms with Gasteiger partial charge in [0.05, 0.1) is 22.5 Å². The van der Waals surface area contributed by atoms with Crippen molar-refractivity contribution >= 4 is 34.4 Å². The van der Waals surface area contributed by atoms with Crippen LogP contribution in [-0.2, 0) is 11.2 Å². The van der Waals surface area contributed by atoms with Gasteiger partial charge in [0.2, 0.25) is 5.91 Å². The molecule has 1 heterocycles. The number of amides is 1. The summed E-state index contributed by atoms with van der Waals surface area (Å²) >= 11 is 1.33. The van der Waals surface area contributed by atoms with Crippen LogP contribution in [0, 0.1) is 5.82 Å². The first-order valence-corrected chi connectivity index (χ1v) is 10.1. The largest absolute Gasteiger partial charge is 0.325 e. The minimum absolute atomic E-state index is 0.158. The Balaban J connectivity index is 1.54. The van der Waals surface area contributed by atoms with Gasteiger partial charge < -0.3 is 5.32 Å². The number of carbonyl (C=O) groups excluding carboxylic acids is 1. The van der Waals surface area contributed by atoms with Crippen molar-refractivity contribution in [3.8, 4) is 0 Å². The average molecular weight is 403 g/mol. The number of halogens is 1. The molecule has 0 saturated carbocycles. The lowest BCUT2D eigenvalue weighted by Crippen LogP contribution is -2.14. The van der Waals surface area contributed by atoms with Crippen molar-refractivity contribution < 1.29 is 9.18 Å². The van der Waals surface area contributed by atoms with Gasteiger partial charge in [-0.15, -0.1) is 0 Å². The van der Waals surface area contributed by atoms with Gasteiger partial charge >= 0.3 is 0 Å². The number of nitrogens with zero attached hydrogens (tertiary/aromatic N) is 2. The van der Waals surface area contributed by atoms with Gasteiger partial charge in [0.1, 0.15) is 10.8 Å². The number of hydrogen-bond donors (Lipinski definition) is 1. The molecule has 6 heteroatoms. The van der Waals surface area contributed by atoms with Crippen molar-refractivity contribution in [1.29, 1.82) is 0 Å². The second-order valence-electron chi connectivity index (χ2n) is 6.47. The predicted octanol–water partition coefficient (Wildman–Crippen LogP) is 5.09. The lowest BCUT2D eigenvalue weighted by Gasteiger charge is -2.10. The lowest BCUT2D eigenvalue weighted by molar-refractivity contribution is -0.113. The van der Waals surface area contributed by atoms with E-state index in [2.05, 4.69) is 5.32 Å². The third-order valence-electron chi connectivity index (χ3n) is 4.27. The van der Waals surface area contributed by atoms with Gasteiger partial charge in [-0.3, -0.25) is 4.79 Å². The molecule has 29 heavy (non-hydrogen) atoms. The molecular weight excluding hydrogens is 385 g/mol. The smallest absolute Gasteiger partial charge is 0.234 e. The normalized spacial score (nSPS) is 10.8. The molecule has 1 aromatic heterocycles. The summed E-state index contributed by atoms with van der Waals surface area (Å²) < 4.78 is 13.3. The number of anilines is 1. The van der Waals surface area contributed by atoms with E-state index in [1.54, 1.807) is 12.1 Å². The van der Waals surface area contributed by atoms with Gasteiger partial charge in [-0.2, -0.15) is 0 Å². The molecule has 4 rings (SSSR count). The van der Waals surface area contributed by atoms with Gasteiger partial charge in [0.25, 0.3) is 0 Å². The molecule has 0 aliphatic carbocycles. The number of hydrogen-bond acceptors (Lipinski definition) is 4. The maximum Gasteiger partial charge on any atom is 0.234 e. The van der Waals surface area contributed by atoms with E-state index in [9.17, 15) is 9.18 Å². The van der Waals surface area contributed by atoms with Crippen LogP contribution in [0.5, 0.6) is 0 Å². The van der Waals surface area contributed by atoms with Crippen LogP contribution in [0.15, 0.2) is 83.9 Å². The Morgan fingerprint density at radius 2 is 1.62 bits per heavy atom. The quantitative estimate of drug-likeness (QED) is 0.456. The zero-order valence-electron chi connectivity index (χ0n) is 15.5. The summed E-state index contributed by atoms with van der Waals surface area (Å²) in [6.07, 6.45) is 0.631. The zero-order valence-corrected chi connectivity index (χ0v) is 16.3. The molecule has 0 unspecified atom stereocenters. The zero-order chi connectivity index (χ0) is 20.1. The molecule has 0 bridgehead atoms. The number of aromatic nitrogens is 2. The molecule has 0 atom stereocenters. The summed E-state index contributed by atoms with van der Waals surface area (Å²) in [5.41, 5.74) is 4.01. The van der Waals surface area contributed by atoms with E-state index >= 15 is 0 Å². The molecule has 144 valence electrons. The van der Waals surface area contributed by atoms with Gasteiger partial charge in [-0.05, 0) is 35.9 Å². The third-order valence-corrected chi connectivity index (χ3v) is 5.28. The fourth-order valence-corrected chi connectivity index (χ4v) is 3.72. The SMILES string of the molecule is O=C(CSc1nc2ccccc2nc1Cc1ccccc1)Nc1cccc(F)c1. The van der Waals surface area contributed by atoms with Crippen molar-refractivity contribution in [2.24, 2.45) is 0 Å². The van der Waals surface area contributed by atoms with Gasteiger partial charge in [-0.25, -0.2) is 14.4 Å². The standard InChI is InChI=1S/C23H18FN3OS/c24-17-9-6-10-18(14-17)25-22(28)15-29-23-21(13-16-7-2-1-3-8-16)26-19-11-4-5-12-20(19)27-23/h1-12,14H,13,15H2,(H,25,28). The second-order valence-corrected chi connectivity index (χ2v) is 7.44. The van der Waals surface area contributed by atoms with Gasteiger partial charge in [-0.1, -0.05) is 60.3 Å². The van der Waals surface area contributed by atoms with Crippen molar-refractivity contribution in [2.75, 3.05) is 11.1 Å². The Morgan fingerprint density at radius 3 is 2.38 bits per heavy atom. The maximum atomic E-state index is 13.3. The van der Waals surface area contributed by atoms with Crippen molar-refractivity contribution in [1.82, 2.24) is 9.97 Å². The van der Waals surface area contributed by atoms with E-state index in [-0.39, 0.29) is 17.5 Å². The van der Waals surface area contributed by atoms with Crippen LogP contribution in [0.2, 0.25) is 0 Å². The van der Waals surface area contributed by atoms with Crippen molar-refractivity contribution in [3.63, 3.8) is 0 Å². The van der Waals surface area contributed by atoms with Crippen molar-refractivity contribution in [2.45, 2.75) is 11.4 Å². The summed E-state index contributed by atoms with van der Waals surface area (Å²) in [7, 11) is 0. The number of rotatable bonds is 6. The second kappa shape index (κ2) is 8.84. The van der Waals surface area contributed by atoms with Crippen molar-refractivity contribution in [3.05, 3.63) is 95.9 Å². The highest BCUT2D eigenvalue weighted by Crippen LogP contribution is 2.25. The third kappa shape index (κ3) is 4.97. The van der Waals surface area contributed by atoms with Crippen LogP contribution in [0.4, 0.5) is 10.1 Å². The lowest BCUT2D eigenvalue weighted by atomic mass is 10.1. The summed E-state index contributed by atoms with van der Waals surface area (Å²) in [4.78, 5) is 21.8. The minimum atomic E-state index is -0.388. The highest BCUT2D eigenvalue weighted by molar-refractivity contribution is 8.00. The number of fused-ring (bicyclic) bond motifs is 1. The van der Waals surface area contributed by atoms with Crippen LogP contribution in [0.1, 0.15) is 11.3 Å². The molecule has 4 nitrogen and oxygen atoms in total. The van der Waals surface area contributed by atoms with E-state index in [1.165, 1.54) is 23.9 Å². The number of thioether (sulfide) groups is 1. The average Bonchev–Trinajstić information content (AvgIpc) is 2.73. The first kappa shape index (κ1) is 19.1. The Morgan fingerprint density at radius 1 is 0.897 bits per heavy atom. The minimum Gasteiger partial charge on any atom is -0.325 e. The van der Waals surface area contributed by atoms with Crippen LogP contribution < -0.4 is 5.32 Å². The van der Waals surface area contributed by atoms with Gasteiger partial charge in [0, 0.05) is 12.1 Å². The summed E-state index contributed by atoms with van der Waals surface area (Å²) in [6, 6.07) is 23.6. The molecule has 0 aliphatic rings. The summed E-state index contributed by atoms with van der Waals surface area (Å²) in [5, 5.41) is 3.44. The highest BCUT2D eigenvalue weighted by atomic mass is 32.2. The van der Waals surface area contributed by atoms with E-state index in [0.717, 1.165) is 27.3 Å². The molecule has 0 aliphatic heterocycles. The summed E-state index contributed by atoms with van der Waals surface area (Å²) in [5.74, 6) is -0.451. The Kier molecular flexibility index (Phi) is 5.81. The van der Waals surface area contributed by atoms with E-state index in [4.69, 9.17) is 9.97 Å². The molecule has 1 amide bonds. The van der Waals surface area contributed by atoms with Crippen LogP contribution in [0.25, 0.3) is 11.0 Å². The molecular formula is C23H18FN3OS. The first-order chi connectivity index (χ1) is 14.2. The Bertz CT molecular complexity index is 1150. The maximum absolute atomic E-state index is 13.3. The molecule has 1 N–H and O–H groups in total. The van der Waals surface area contributed by atoms with Gasteiger partial charge in [0.15, 0.2) is 0 Å². The molecule has 4 aromatic rings. The van der Waals surface area contributed by atoms with E-state index in [0.29, 0.717) is 12.1 Å². The highest BCUT2D eigenvalue weighted by Gasteiger charge is 2.13. The molecule has 0 fully saturated rings. The molecule has 0 spiro atoms. The summed E-state index contributed by atoms with van der Waals surface area (Å²) in [6.45, 7) is 0. The van der Waals surface area contributed by atoms with E-state index < -0.39 is 0 Å². The first-order valence-electron chi connectivity index (χ1n) is 9.15. The topological polar surface area (TPSA) is 54.9 Å². The fraction of sp³-hybridized carbons (Fsp3) is 0.0870. The monoisotopic (exact) mass is 403 g/mol. The van der Waals surface area contributed by atoms with Crippen LogP contribution in [-0.4, -0.2) is 21.6 Å². The Labute approximate surface area is 172 Å². The van der Waals surface area contributed by atoms with Crippen LogP contribution >= 0.6 is 11.8 Å². The molecule has 0 radical (unpaired) electrons. The Hall–Kier alpha value is -3.25. The number of para-hydroxylation sites is 2. The number of benzene rings is 3.